The summed E-state index contributed by atoms with van der Waals surface area (Å²) in [5.41, 5.74) is 0. The quantitative estimate of drug-likeness (QED) is 0.474. The van der Waals surface area contributed by atoms with Crippen molar-refractivity contribution in [3.63, 3.8) is 0 Å². The summed E-state index contributed by atoms with van der Waals surface area (Å²) in [6, 6.07) is 18.3. The molecule has 3 nitrogen and oxygen atoms in total. The van der Waals surface area contributed by atoms with E-state index in [1.165, 1.54) is 0 Å². The van der Waals surface area contributed by atoms with Gasteiger partial charge in [0.25, 0.3) is 0 Å². The van der Waals surface area contributed by atoms with Crippen molar-refractivity contribution in [2.24, 2.45) is 0 Å². The first-order chi connectivity index (χ1) is 7.45. The van der Waals surface area contributed by atoms with Crippen LogP contribution in [-0.4, -0.2) is 0 Å². The largest absolute Gasteiger partial charge is 0.299 e. The van der Waals surface area contributed by atoms with Crippen molar-refractivity contribution in [1.82, 2.24) is 0 Å². The second-order valence-corrected chi connectivity index (χ2v) is 2.86. The Morgan fingerprint density at radius 3 is 1.31 bits per heavy atom. The number of para-hydroxylation sites is 2. The number of rotatable bonds is 4. The molecule has 0 bridgehead atoms. The van der Waals surface area contributed by atoms with Crippen LogP contribution in [0.1, 0.15) is 0 Å². The molecule has 0 unspecified atom stereocenters. The summed E-state index contributed by atoms with van der Waals surface area (Å²) < 4.78 is 0. The van der Waals surface area contributed by atoms with Crippen molar-refractivity contribution < 1.29 is 36.5 Å². The van der Waals surface area contributed by atoms with Crippen LogP contribution < -0.4 is 9.78 Å². The van der Waals surface area contributed by atoms with Gasteiger partial charge in [-0.2, -0.15) is 0 Å². The predicted molar refractivity (Wildman–Crippen MR) is 55.2 cm³/mol. The molecule has 2 aromatic carbocycles. The van der Waals surface area contributed by atoms with Gasteiger partial charge in [0.1, 0.15) is 0 Å². The van der Waals surface area contributed by atoms with Crippen LogP contribution in [0.4, 0.5) is 0 Å². The van der Waals surface area contributed by atoms with Crippen LogP contribution in [-0.2, 0) is 26.8 Å². The van der Waals surface area contributed by atoms with Gasteiger partial charge in [-0.05, 0) is 24.3 Å². The van der Waals surface area contributed by atoms with E-state index in [0.29, 0.717) is 11.5 Å². The Morgan fingerprint density at radius 2 is 0.938 bits per heavy atom. The average Bonchev–Trinajstić information content (AvgIpc) is 2.32. The first-order valence-electron chi connectivity index (χ1n) is 4.56. The van der Waals surface area contributed by atoms with E-state index in [4.69, 9.17) is 9.78 Å². The zero-order valence-electron chi connectivity index (χ0n) is 8.50. The van der Waals surface area contributed by atoms with Crippen LogP contribution in [0.15, 0.2) is 60.7 Å². The van der Waals surface area contributed by atoms with Gasteiger partial charge in [-0.1, -0.05) is 36.4 Å². The average molecular weight is 250 g/mol. The van der Waals surface area contributed by atoms with Gasteiger partial charge in [0, 0.05) is 26.8 Å². The Balaban J connectivity index is 0.00000128. The molecule has 0 saturated carbocycles. The molecule has 0 heterocycles. The Kier molecular flexibility index (Phi) is 5.64. The van der Waals surface area contributed by atoms with E-state index in [-0.39, 0.29) is 21.7 Å². The van der Waals surface area contributed by atoms with Gasteiger partial charge in [0.15, 0.2) is 11.5 Å². The number of hydrogen-bond acceptors (Lipinski definition) is 3. The first-order valence-corrected chi connectivity index (χ1v) is 4.56. The maximum Gasteiger partial charge on any atom is 0.169 e. The van der Waals surface area contributed by atoms with Gasteiger partial charge in [-0.25, -0.2) is 0 Å². The van der Waals surface area contributed by atoms with Gasteiger partial charge >= 0.3 is 0 Å². The molecular weight excluding hydrogens is 240 g/mol. The van der Waals surface area contributed by atoms with Gasteiger partial charge in [0.05, 0.1) is 0 Å². The van der Waals surface area contributed by atoms with E-state index in [1.54, 1.807) is 24.3 Å². The smallest absolute Gasteiger partial charge is 0.169 e. The standard InChI is InChI=1S/C12H10O3.Ti/c1-3-7-11(8-4-1)13-15-14-12-9-5-2-6-10-12;/h1-10H;. The van der Waals surface area contributed by atoms with Crippen molar-refractivity contribution in [3.8, 4) is 11.5 Å². The third-order valence-electron chi connectivity index (χ3n) is 1.75. The molecule has 0 spiro atoms. The minimum absolute atomic E-state index is 0. The van der Waals surface area contributed by atoms with E-state index in [0.717, 1.165) is 0 Å². The van der Waals surface area contributed by atoms with E-state index in [9.17, 15) is 0 Å². The molecular formula is C12H10O3Ti. The number of benzene rings is 2. The normalized spacial score (nSPS) is 9.00. The van der Waals surface area contributed by atoms with Crippen LogP contribution >= 0.6 is 0 Å². The van der Waals surface area contributed by atoms with Crippen LogP contribution in [0.3, 0.4) is 0 Å². The molecule has 0 radical (unpaired) electrons. The topological polar surface area (TPSA) is 27.7 Å². The first kappa shape index (κ1) is 12.8. The predicted octanol–water partition coefficient (Wildman–Crippen LogP) is 2.99. The summed E-state index contributed by atoms with van der Waals surface area (Å²) in [6.07, 6.45) is 0. The molecule has 0 aliphatic carbocycles. The molecule has 0 saturated heterocycles. The summed E-state index contributed by atoms with van der Waals surface area (Å²) >= 11 is 0. The summed E-state index contributed by atoms with van der Waals surface area (Å²) in [7, 11) is 0. The van der Waals surface area contributed by atoms with E-state index in [2.05, 4.69) is 5.04 Å². The molecule has 2 aromatic rings. The molecule has 0 aliphatic heterocycles. The van der Waals surface area contributed by atoms with Crippen LogP contribution in [0.5, 0.6) is 11.5 Å². The fourth-order valence-electron chi connectivity index (χ4n) is 1.05. The molecule has 4 heteroatoms. The van der Waals surface area contributed by atoms with Gasteiger partial charge < -0.3 is 0 Å². The van der Waals surface area contributed by atoms with Crippen LogP contribution in [0.25, 0.3) is 0 Å². The Bertz CT molecular complexity index is 352. The monoisotopic (exact) mass is 250 g/mol. The minimum Gasteiger partial charge on any atom is -0.299 e. The summed E-state index contributed by atoms with van der Waals surface area (Å²) in [5.74, 6) is 1.18. The van der Waals surface area contributed by atoms with Gasteiger partial charge in [-0.3, -0.25) is 9.78 Å². The summed E-state index contributed by atoms with van der Waals surface area (Å²) in [5, 5.41) is 4.61. The summed E-state index contributed by atoms with van der Waals surface area (Å²) in [6.45, 7) is 0. The molecule has 2 rings (SSSR count). The van der Waals surface area contributed by atoms with Crippen LogP contribution in [0.2, 0.25) is 0 Å². The Labute approximate surface area is 109 Å². The van der Waals surface area contributed by atoms with Crippen molar-refractivity contribution >= 4 is 0 Å². The van der Waals surface area contributed by atoms with E-state index >= 15 is 0 Å². The maximum absolute atomic E-state index is 4.89. The SMILES string of the molecule is [Ti].c1ccc(OOOc2ccccc2)cc1. The zero-order chi connectivity index (χ0) is 10.3. The summed E-state index contributed by atoms with van der Waals surface area (Å²) in [4.78, 5) is 9.78. The fraction of sp³-hybridized carbons (Fsp3) is 0. The minimum atomic E-state index is 0. The molecule has 0 aliphatic rings. The van der Waals surface area contributed by atoms with Crippen molar-refractivity contribution in [1.29, 1.82) is 0 Å². The third-order valence-corrected chi connectivity index (χ3v) is 1.75. The van der Waals surface area contributed by atoms with Gasteiger partial charge in [0.2, 0.25) is 0 Å². The van der Waals surface area contributed by atoms with Gasteiger partial charge in [-0.15, -0.1) is 0 Å². The fourth-order valence-corrected chi connectivity index (χ4v) is 1.05. The second kappa shape index (κ2) is 7.06. The molecule has 16 heavy (non-hydrogen) atoms. The van der Waals surface area contributed by atoms with E-state index < -0.39 is 0 Å². The van der Waals surface area contributed by atoms with Crippen molar-refractivity contribution in [3.05, 3.63) is 60.7 Å². The molecule has 0 aromatic heterocycles. The molecule has 0 atom stereocenters. The van der Waals surface area contributed by atoms with Crippen molar-refractivity contribution in [2.75, 3.05) is 0 Å². The maximum atomic E-state index is 4.89. The van der Waals surface area contributed by atoms with Crippen molar-refractivity contribution in [2.45, 2.75) is 0 Å². The molecule has 0 N–H and O–H groups in total. The molecule has 80 valence electrons. The Morgan fingerprint density at radius 1 is 0.562 bits per heavy atom. The Hall–Kier alpha value is -1.29. The van der Waals surface area contributed by atoms with Crippen LogP contribution in [0, 0.1) is 0 Å². The second-order valence-electron chi connectivity index (χ2n) is 2.86. The van der Waals surface area contributed by atoms with E-state index in [1.807, 2.05) is 36.4 Å². The third kappa shape index (κ3) is 4.07. The molecule has 0 fully saturated rings. The zero-order valence-corrected chi connectivity index (χ0v) is 10.1. The number of hydrogen-bond donors (Lipinski definition) is 0. The molecule has 0 amide bonds.